The van der Waals surface area contributed by atoms with E-state index < -0.39 is 0 Å². The van der Waals surface area contributed by atoms with Crippen LogP contribution in [0.2, 0.25) is 5.02 Å². The van der Waals surface area contributed by atoms with Gasteiger partial charge < -0.3 is 5.32 Å². The van der Waals surface area contributed by atoms with Crippen LogP contribution in [0.4, 0.5) is 0 Å². The second-order valence-corrected chi connectivity index (χ2v) is 6.52. The van der Waals surface area contributed by atoms with Crippen LogP contribution in [0.15, 0.2) is 54.6 Å². The molecule has 116 valence electrons. The second-order valence-electron chi connectivity index (χ2n) is 5.02. The molecule has 0 bridgehead atoms. The molecule has 1 aromatic heterocycles. The molecular weight excluding hydrogens is 328 g/mol. The molecule has 1 N–H and O–H groups in total. The zero-order chi connectivity index (χ0) is 16.1. The van der Waals surface area contributed by atoms with Crippen molar-refractivity contribution >= 4 is 45.1 Å². The van der Waals surface area contributed by atoms with Crippen molar-refractivity contribution in [3.63, 3.8) is 0 Å². The Morgan fingerprint density at radius 2 is 1.96 bits per heavy atom. The Labute approximate surface area is 143 Å². The van der Waals surface area contributed by atoms with Crippen molar-refractivity contribution in [2.75, 3.05) is 6.54 Å². The molecule has 5 heteroatoms. The molecular formula is C18H15ClN2OS. The molecule has 0 unspecified atom stereocenters. The molecule has 1 amide bonds. The Morgan fingerprint density at radius 1 is 1.17 bits per heavy atom. The van der Waals surface area contributed by atoms with Gasteiger partial charge in [-0.25, -0.2) is 4.98 Å². The van der Waals surface area contributed by atoms with Gasteiger partial charge in [0.25, 0.3) is 0 Å². The third-order valence-electron chi connectivity index (χ3n) is 3.31. The van der Waals surface area contributed by atoms with Gasteiger partial charge in [0.05, 0.1) is 10.2 Å². The number of amides is 1. The van der Waals surface area contributed by atoms with Crippen molar-refractivity contribution in [2.45, 2.75) is 6.42 Å². The highest BCUT2D eigenvalue weighted by molar-refractivity contribution is 7.19. The van der Waals surface area contributed by atoms with Gasteiger partial charge >= 0.3 is 0 Å². The van der Waals surface area contributed by atoms with Gasteiger partial charge in [-0.1, -0.05) is 35.9 Å². The van der Waals surface area contributed by atoms with Crippen molar-refractivity contribution < 1.29 is 4.79 Å². The fraction of sp³-hybridized carbons (Fsp3) is 0.111. The maximum atomic E-state index is 11.8. The highest BCUT2D eigenvalue weighted by atomic mass is 35.5. The third-order valence-corrected chi connectivity index (χ3v) is 4.57. The van der Waals surface area contributed by atoms with E-state index in [9.17, 15) is 4.79 Å². The van der Waals surface area contributed by atoms with Crippen LogP contribution >= 0.6 is 22.9 Å². The Bertz CT molecular complexity index is 807. The van der Waals surface area contributed by atoms with Gasteiger partial charge in [0.2, 0.25) is 5.91 Å². The van der Waals surface area contributed by atoms with Gasteiger partial charge in [-0.2, -0.15) is 0 Å². The van der Waals surface area contributed by atoms with Crippen LogP contribution < -0.4 is 5.32 Å². The van der Waals surface area contributed by atoms with E-state index in [-0.39, 0.29) is 5.91 Å². The molecule has 0 radical (unpaired) electrons. The molecule has 0 saturated carbocycles. The fourth-order valence-corrected chi connectivity index (χ4v) is 3.14. The van der Waals surface area contributed by atoms with Gasteiger partial charge in [0.1, 0.15) is 5.01 Å². The molecule has 3 aromatic rings. The maximum absolute atomic E-state index is 11.8. The Morgan fingerprint density at radius 3 is 2.74 bits per heavy atom. The van der Waals surface area contributed by atoms with E-state index in [0.29, 0.717) is 6.54 Å². The van der Waals surface area contributed by atoms with Crippen LogP contribution in [-0.4, -0.2) is 17.4 Å². The normalized spacial score (nSPS) is 11.2. The molecule has 0 spiro atoms. The van der Waals surface area contributed by atoms with Crippen LogP contribution in [0.25, 0.3) is 16.3 Å². The van der Waals surface area contributed by atoms with Crippen molar-refractivity contribution in [1.29, 1.82) is 0 Å². The number of nitrogens with zero attached hydrogens (tertiary/aromatic N) is 1. The smallest absolute Gasteiger partial charge is 0.244 e. The number of rotatable bonds is 5. The number of hydrogen-bond acceptors (Lipinski definition) is 3. The molecule has 0 atom stereocenters. The van der Waals surface area contributed by atoms with E-state index in [2.05, 4.69) is 10.3 Å². The first-order chi connectivity index (χ1) is 11.2. The topological polar surface area (TPSA) is 42.0 Å². The Kier molecular flexibility index (Phi) is 5.05. The third kappa shape index (κ3) is 4.41. The highest BCUT2D eigenvalue weighted by Crippen LogP contribution is 2.22. The fourth-order valence-electron chi connectivity index (χ4n) is 2.15. The minimum atomic E-state index is -0.113. The standard InChI is InChI=1S/C18H15ClN2OS/c19-14-7-5-13(6-8-14)11-12-20-17(22)9-10-18-21-15-3-1-2-4-16(15)23-18/h1-10H,11-12H2,(H,20,22)/b10-9+. The van der Waals surface area contributed by atoms with Gasteiger partial charge in [-0.3, -0.25) is 4.79 Å². The van der Waals surface area contributed by atoms with E-state index in [1.807, 2.05) is 48.5 Å². The zero-order valence-corrected chi connectivity index (χ0v) is 13.9. The summed E-state index contributed by atoms with van der Waals surface area (Å²) in [6.45, 7) is 0.588. The molecule has 2 aromatic carbocycles. The molecule has 1 heterocycles. The number of thiazole rings is 1. The number of halogens is 1. The van der Waals surface area contributed by atoms with E-state index >= 15 is 0 Å². The van der Waals surface area contributed by atoms with Gasteiger partial charge in [0, 0.05) is 17.6 Å². The largest absolute Gasteiger partial charge is 0.352 e. The lowest BCUT2D eigenvalue weighted by Crippen LogP contribution is -2.23. The number of hydrogen-bond donors (Lipinski definition) is 1. The quantitative estimate of drug-likeness (QED) is 0.701. The summed E-state index contributed by atoms with van der Waals surface area (Å²) >= 11 is 7.41. The summed E-state index contributed by atoms with van der Waals surface area (Å²) in [5.41, 5.74) is 2.10. The summed E-state index contributed by atoms with van der Waals surface area (Å²) < 4.78 is 1.12. The minimum Gasteiger partial charge on any atom is -0.352 e. The Hall–Kier alpha value is -2.17. The number of fused-ring (bicyclic) bond motifs is 1. The zero-order valence-electron chi connectivity index (χ0n) is 12.3. The predicted octanol–water partition coefficient (Wildman–Crippen LogP) is 4.32. The molecule has 0 fully saturated rings. The van der Waals surface area contributed by atoms with Gasteiger partial charge in [-0.05, 0) is 42.3 Å². The first-order valence-electron chi connectivity index (χ1n) is 7.27. The van der Waals surface area contributed by atoms with E-state index in [4.69, 9.17) is 11.6 Å². The number of carbonyl (C=O) groups excluding carboxylic acids is 1. The van der Waals surface area contributed by atoms with Crippen molar-refractivity contribution in [3.05, 3.63) is 70.2 Å². The van der Waals surface area contributed by atoms with Crippen LogP contribution in [-0.2, 0) is 11.2 Å². The van der Waals surface area contributed by atoms with Gasteiger partial charge in [-0.15, -0.1) is 11.3 Å². The van der Waals surface area contributed by atoms with Crippen molar-refractivity contribution in [1.82, 2.24) is 10.3 Å². The van der Waals surface area contributed by atoms with Gasteiger partial charge in [0.15, 0.2) is 0 Å². The average molecular weight is 343 g/mol. The predicted molar refractivity (Wildman–Crippen MR) is 96.8 cm³/mol. The SMILES string of the molecule is O=C(/C=C/c1nc2ccccc2s1)NCCc1ccc(Cl)cc1. The average Bonchev–Trinajstić information content (AvgIpc) is 2.98. The van der Waals surface area contributed by atoms with Crippen LogP contribution in [0, 0.1) is 0 Å². The first kappa shape index (κ1) is 15.7. The lowest BCUT2D eigenvalue weighted by Gasteiger charge is -2.02. The van der Waals surface area contributed by atoms with Crippen molar-refractivity contribution in [2.24, 2.45) is 0 Å². The Balaban J connectivity index is 1.51. The number of para-hydroxylation sites is 1. The first-order valence-corrected chi connectivity index (χ1v) is 8.46. The number of benzene rings is 2. The number of carbonyl (C=O) groups is 1. The highest BCUT2D eigenvalue weighted by Gasteiger charge is 2.01. The molecule has 0 saturated heterocycles. The second kappa shape index (κ2) is 7.40. The summed E-state index contributed by atoms with van der Waals surface area (Å²) in [7, 11) is 0. The molecule has 0 aliphatic heterocycles. The lowest BCUT2D eigenvalue weighted by molar-refractivity contribution is -0.116. The summed E-state index contributed by atoms with van der Waals surface area (Å²) in [4.78, 5) is 16.3. The summed E-state index contributed by atoms with van der Waals surface area (Å²) in [6, 6.07) is 15.6. The van der Waals surface area contributed by atoms with Crippen LogP contribution in [0.1, 0.15) is 10.6 Å². The summed E-state index contributed by atoms with van der Waals surface area (Å²) in [6.07, 6.45) is 4.06. The van der Waals surface area contributed by atoms with E-state index in [1.165, 1.54) is 6.08 Å². The lowest BCUT2D eigenvalue weighted by atomic mass is 10.1. The monoisotopic (exact) mass is 342 g/mol. The van der Waals surface area contributed by atoms with Crippen LogP contribution in [0.5, 0.6) is 0 Å². The molecule has 3 rings (SSSR count). The summed E-state index contributed by atoms with van der Waals surface area (Å²) in [5, 5.41) is 4.42. The number of nitrogens with one attached hydrogen (secondary N) is 1. The van der Waals surface area contributed by atoms with E-state index in [0.717, 1.165) is 32.2 Å². The van der Waals surface area contributed by atoms with E-state index in [1.54, 1.807) is 17.4 Å². The molecule has 3 nitrogen and oxygen atoms in total. The molecule has 0 aliphatic carbocycles. The maximum Gasteiger partial charge on any atom is 0.244 e. The number of aromatic nitrogens is 1. The van der Waals surface area contributed by atoms with Crippen LogP contribution in [0.3, 0.4) is 0 Å². The molecule has 0 aliphatic rings. The summed E-state index contributed by atoms with van der Waals surface area (Å²) in [5.74, 6) is -0.113. The molecule has 23 heavy (non-hydrogen) atoms. The minimum absolute atomic E-state index is 0.113. The van der Waals surface area contributed by atoms with Crippen molar-refractivity contribution in [3.8, 4) is 0 Å².